The number of halogens is 1. The van der Waals surface area contributed by atoms with E-state index in [-0.39, 0.29) is 30.1 Å². The van der Waals surface area contributed by atoms with Crippen molar-refractivity contribution in [2.75, 3.05) is 26.2 Å². The van der Waals surface area contributed by atoms with E-state index in [2.05, 4.69) is 15.3 Å². The summed E-state index contributed by atoms with van der Waals surface area (Å²) in [7, 11) is 0. The summed E-state index contributed by atoms with van der Waals surface area (Å²) in [5.74, 6) is 0.917. The van der Waals surface area contributed by atoms with Crippen molar-refractivity contribution in [3.8, 4) is 0 Å². The number of ether oxygens (including phenoxy) is 1. The van der Waals surface area contributed by atoms with Gasteiger partial charge in [0.05, 0.1) is 0 Å². The third kappa shape index (κ3) is 9.25. The van der Waals surface area contributed by atoms with E-state index in [9.17, 15) is 4.79 Å². The van der Waals surface area contributed by atoms with Crippen LogP contribution in [0.5, 0.6) is 0 Å². The Balaban J connectivity index is 0.00000364. The molecule has 1 aliphatic heterocycles. The fourth-order valence-corrected chi connectivity index (χ4v) is 2.77. The second-order valence-corrected chi connectivity index (χ2v) is 7.63. The summed E-state index contributed by atoms with van der Waals surface area (Å²) in [5.41, 5.74) is 6.51. The molecule has 7 nitrogen and oxygen atoms in total. The van der Waals surface area contributed by atoms with Crippen molar-refractivity contribution < 1.29 is 9.53 Å². The van der Waals surface area contributed by atoms with Gasteiger partial charge in [-0.15, -0.1) is 24.0 Å². The second-order valence-electron chi connectivity index (χ2n) is 7.63. The van der Waals surface area contributed by atoms with E-state index in [1.807, 2.05) is 39.0 Å². The first-order valence-corrected chi connectivity index (χ1v) is 9.25. The van der Waals surface area contributed by atoms with Crippen molar-refractivity contribution >= 4 is 36.0 Å². The molecule has 2 heterocycles. The van der Waals surface area contributed by atoms with Crippen molar-refractivity contribution in [1.29, 1.82) is 0 Å². The molecule has 27 heavy (non-hydrogen) atoms. The molecule has 0 radical (unpaired) electrons. The predicted octanol–water partition coefficient (Wildman–Crippen LogP) is 2.79. The van der Waals surface area contributed by atoms with Gasteiger partial charge in [-0.3, -0.25) is 9.98 Å². The Morgan fingerprint density at radius 3 is 2.67 bits per heavy atom. The molecular weight excluding hydrogens is 457 g/mol. The summed E-state index contributed by atoms with van der Waals surface area (Å²) in [6.07, 6.45) is 4.21. The summed E-state index contributed by atoms with van der Waals surface area (Å²) in [6, 6.07) is 5.87. The number of aromatic nitrogens is 1. The zero-order valence-corrected chi connectivity index (χ0v) is 18.8. The number of rotatable bonds is 5. The highest BCUT2D eigenvalue weighted by Crippen LogP contribution is 2.19. The molecular formula is C19H32IN5O2. The molecule has 1 aromatic heterocycles. The number of nitrogens with two attached hydrogens (primary N) is 1. The zero-order chi connectivity index (χ0) is 19.0. The predicted molar refractivity (Wildman–Crippen MR) is 118 cm³/mol. The molecule has 1 amide bonds. The number of nitrogens with one attached hydrogen (secondary N) is 1. The first-order valence-electron chi connectivity index (χ1n) is 9.25. The average molecular weight is 489 g/mol. The van der Waals surface area contributed by atoms with Crippen molar-refractivity contribution in [1.82, 2.24) is 15.2 Å². The summed E-state index contributed by atoms with van der Waals surface area (Å²) in [5, 5.41) is 3.13. The molecule has 0 spiro atoms. The number of likely N-dealkylation sites (tertiary alicyclic amines) is 1. The molecule has 0 aliphatic carbocycles. The van der Waals surface area contributed by atoms with E-state index in [1.165, 1.54) is 0 Å². The summed E-state index contributed by atoms with van der Waals surface area (Å²) in [6.45, 7) is 8.47. The summed E-state index contributed by atoms with van der Waals surface area (Å²) < 4.78 is 5.42. The standard InChI is InChI=1S/C19H31N5O2.HI/c1-19(2,3)26-18(25)24-12-8-15(9-13-24)14-23-17(20)22-11-7-16-6-4-5-10-21-16;/h4-6,10,15H,7-9,11-14H2,1-3H3,(H3,20,22,23);1H. The van der Waals surface area contributed by atoms with Crippen LogP contribution in [0.2, 0.25) is 0 Å². The van der Waals surface area contributed by atoms with Crippen LogP contribution in [-0.2, 0) is 11.2 Å². The Morgan fingerprint density at radius 1 is 1.37 bits per heavy atom. The topological polar surface area (TPSA) is 92.8 Å². The Bertz CT molecular complexity index is 596. The number of piperidine rings is 1. The number of hydrogen-bond donors (Lipinski definition) is 2. The Labute approximate surface area is 179 Å². The maximum atomic E-state index is 12.1. The van der Waals surface area contributed by atoms with E-state index < -0.39 is 5.60 Å². The lowest BCUT2D eigenvalue weighted by Crippen LogP contribution is -2.42. The largest absolute Gasteiger partial charge is 0.444 e. The van der Waals surface area contributed by atoms with Crippen LogP contribution in [0.1, 0.15) is 39.3 Å². The SMILES string of the molecule is CC(C)(C)OC(=O)N1CCC(CN=C(N)NCCc2ccccn2)CC1.I. The zero-order valence-electron chi connectivity index (χ0n) is 16.5. The highest BCUT2D eigenvalue weighted by Gasteiger charge is 2.26. The van der Waals surface area contributed by atoms with Crippen LogP contribution >= 0.6 is 24.0 Å². The van der Waals surface area contributed by atoms with E-state index in [1.54, 1.807) is 11.1 Å². The van der Waals surface area contributed by atoms with Gasteiger partial charge in [0.25, 0.3) is 0 Å². The first kappa shape index (κ1) is 23.5. The van der Waals surface area contributed by atoms with E-state index in [0.717, 1.165) is 25.0 Å². The van der Waals surface area contributed by atoms with Gasteiger partial charge in [-0.2, -0.15) is 0 Å². The van der Waals surface area contributed by atoms with Gasteiger partial charge >= 0.3 is 6.09 Å². The number of aliphatic imine (C=N–C) groups is 1. The minimum absolute atomic E-state index is 0. The molecule has 1 saturated heterocycles. The van der Waals surface area contributed by atoms with Crippen LogP contribution < -0.4 is 11.1 Å². The molecule has 0 aromatic carbocycles. The van der Waals surface area contributed by atoms with Gasteiger partial charge in [0.2, 0.25) is 0 Å². The minimum atomic E-state index is -0.451. The molecule has 152 valence electrons. The Hall–Kier alpha value is -1.58. The van der Waals surface area contributed by atoms with Gasteiger partial charge in [0.1, 0.15) is 5.60 Å². The van der Waals surface area contributed by atoms with Gasteiger partial charge < -0.3 is 20.7 Å². The maximum absolute atomic E-state index is 12.1. The highest BCUT2D eigenvalue weighted by atomic mass is 127. The summed E-state index contributed by atoms with van der Waals surface area (Å²) >= 11 is 0. The van der Waals surface area contributed by atoms with E-state index >= 15 is 0 Å². The number of nitrogens with zero attached hydrogens (tertiary/aromatic N) is 3. The number of pyridine rings is 1. The Kier molecular flexibility index (Phi) is 9.82. The smallest absolute Gasteiger partial charge is 0.410 e. The second kappa shape index (κ2) is 11.3. The molecule has 2 rings (SSSR count). The van der Waals surface area contributed by atoms with Crippen molar-refractivity contribution in [2.24, 2.45) is 16.6 Å². The van der Waals surface area contributed by atoms with Crippen LogP contribution in [0.15, 0.2) is 29.4 Å². The van der Waals surface area contributed by atoms with Gasteiger partial charge in [-0.05, 0) is 51.7 Å². The first-order chi connectivity index (χ1) is 12.3. The molecule has 0 unspecified atom stereocenters. The monoisotopic (exact) mass is 489 g/mol. The van der Waals surface area contributed by atoms with Gasteiger partial charge in [-0.25, -0.2) is 4.79 Å². The lowest BCUT2D eigenvalue weighted by atomic mass is 9.97. The highest BCUT2D eigenvalue weighted by molar-refractivity contribution is 14.0. The van der Waals surface area contributed by atoms with Crippen LogP contribution in [0, 0.1) is 5.92 Å². The van der Waals surface area contributed by atoms with Crippen molar-refractivity contribution in [3.63, 3.8) is 0 Å². The molecule has 8 heteroatoms. The van der Waals surface area contributed by atoms with Crippen molar-refractivity contribution in [3.05, 3.63) is 30.1 Å². The number of carbonyl (C=O) groups excluding carboxylic acids is 1. The molecule has 0 saturated carbocycles. The van der Waals surface area contributed by atoms with Crippen LogP contribution in [0.4, 0.5) is 4.79 Å². The normalized spacial score (nSPS) is 15.8. The number of carbonyl (C=O) groups is 1. The Morgan fingerprint density at radius 2 is 2.07 bits per heavy atom. The number of amides is 1. The van der Waals surface area contributed by atoms with E-state index in [4.69, 9.17) is 10.5 Å². The maximum Gasteiger partial charge on any atom is 0.410 e. The third-order valence-corrected chi connectivity index (χ3v) is 4.20. The van der Waals surface area contributed by atoms with Crippen LogP contribution in [0.25, 0.3) is 0 Å². The molecule has 0 atom stereocenters. The molecule has 0 bridgehead atoms. The lowest BCUT2D eigenvalue weighted by Gasteiger charge is -2.33. The minimum Gasteiger partial charge on any atom is -0.444 e. The van der Waals surface area contributed by atoms with Crippen LogP contribution in [-0.4, -0.2) is 53.7 Å². The average Bonchev–Trinajstić information content (AvgIpc) is 2.60. The lowest BCUT2D eigenvalue weighted by molar-refractivity contribution is 0.0187. The molecule has 1 fully saturated rings. The number of guanidine groups is 1. The molecule has 3 N–H and O–H groups in total. The van der Waals surface area contributed by atoms with E-state index in [0.29, 0.717) is 38.1 Å². The van der Waals surface area contributed by atoms with Gasteiger partial charge in [0, 0.05) is 44.5 Å². The quantitative estimate of drug-likeness (QED) is 0.377. The summed E-state index contributed by atoms with van der Waals surface area (Å²) in [4.78, 5) is 22.6. The molecule has 1 aliphatic rings. The fraction of sp³-hybridized carbons (Fsp3) is 0.632. The fourth-order valence-electron chi connectivity index (χ4n) is 2.77. The molecule has 1 aromatic rings. The van der Waals surface area contributed by atoms with Crippen molar-refractivity contribution in [2.45, 2.75) is 45.6 Å². The third-order valence-electron chi connectivity index (χ3n) is 4.20. The van der Waals surface area contributed by atoms with Gasteiger partial charge in [0.15, 0.2) is 5.96 Å². The van der Waals surface area contributed by atoms with Gasteiger partial charge in [-0.1, -0.05) is 6.07 Å². The number of hydrogen-bond acceptors (Lipinski definition) is 4. The van der Waals surface area contributed by atoms with Crippen LogP contribution in [0.3, 0.4) is 0 Å².